The fourth-order valence-electron chi connectivity index (χ4n) is 2.51. The number of benzene rings is 1. The SMILES string of the molecule is Cn1ccnc1C(O)C1(c2ccccc2)CC1. The first-order chi connectivity index (χ1) is 8.24. The number of aliphatic hydroxyl groups excluding tert-OH is 1. The molecule has 0 radical (unpaired) electrons. The van der Waals surface area contributed by atoms with Crippen LogP contribution in [0, 0.1) is 0 Å². The topological polar surface area (TPSA) is 38.0 Å². The fraction of sp³-hybridized carbons (Fsp3) is 0.357. The number of hydrogen-bond acceptors (Lipinski definition) is 2. The Morgan fingerprint density at radius 3 is 2.53 bits per heavy atom. The molecule has 1 aliphatic rings. The van der Waals surface area contributed by atoms with Crippen LogP contribution in [0.2, 0.25) is 0 Å². The molecule has 17 heavy (non-hydrogen) atoms. The van der Waals surface area contributed by atoms with Gasteiger partial charge < -0.3 is 9.67 Å². The Kier molecular flexibility index (Phi) is 2.30. The zero-order chi connectivity index (χ0) is 11.9. The Hall–Kier alpha value is -1.61. The van der Waals surface area contributed by atoms with Crippen LogP contribution in [0.5, 0.6) is 0 Å². The Labute approximate surface area is 101 Å². The predicted molar refractivity (Wildman–Crippen MR) is 65.5 cm³/mol. The Morgan fingerprint density at radius 1 is 1.29 bits per heavy atom. The van der Waals surface area contributed by atoms with Gasteiger partial charge in [0.1, 0.15) is 11.9 Å². The quantitative estimate of drug-likeness (QED) is 0.874. The molecule has 1 heterocycles. The van der Waals surface area contributed by atoms with E-state index in [9.17, 15) is 5.11 Å². The molecule has 3 heteroatoms. The first-order valence-corrected chi connectivity index (χ1v) is 5.95. The summed E-state index contributed by atoms with van der Waals surface area (Å²) in [5.74, 6) is 0.756. The average molecular weight is 228 g/mol. The number of aromatic nitrogens is 2. The molecule has 0 amide bonds. The molecular weight excluding hydrogens is 212 g/mol. The molecule has 88 valence electrons. The molecule has 2 aromatic rings. The van der Waals surface area contributed by atoms with E-state index in [2.05, 4.69) is 17.1 Å². The van der Waals surface area contributed by atoms with Crippen molar-refractivity contribution in [2.24, 2.45) is 7.05 Å². The van der Waals surface area contributed by atoms with E-state index in [1.165, 1.54) is 5.56 Å². The van der Waals surface area contributed by atoms with Gasteiger partial charge >= 0.3 is 0 Å². The third kappa shape index (κ3) is 1.58. The molecule has 0 spiro atoms. The molecule has 1 unspecified atom stereocenters. The van der Waals surface area contributed by atoms with Crippen molar-refractivity contribution < 1.29 is 5.11 Å². The minimum atomic E-state index is -0.509. The molecule has 0 bridgehead atoms. The number of aliphatic hydroxyl groups is 1. The van der Waals surface area contributed by atoms with E-state index in [0.717, 1.165) is 18.7 Å². The zero-order valence-electron chi connectivity index (χ0n) is 9.87. The summed E-state index contributed by atoms with van der Waals surface area (Å²) in [5.41, 5.74) is 1.11. The van der Waals surface area contributed by atoms with Crippen LogP contribution in [0.4, 0.5) is 0 Å². The maximum atomic E-state index is 10.6. The molecule has 1 saturated carbocycles. The number of rotatable bonds is 3. The van der Waals surface area contributed by atoms with Gasteiger partial charge in [-0.25, -0.2) is 4.98 Å². The summed E-state index contributed by atoms with van der Waals surface area (Å²) in [6.45, 7) is 0. The number of nitrogens with zero attached hydrogens (tertiary/aromatic N) is 2. The van der Waals surface area contributed by atoms with Crippen molar-refractivity contribution in [3.05, 3.63) is 54.1 Å². The van der Waals surface area contributed by atoms with Gasteiger partial charge in [-0.05, 0) is 18.4 Å². The fourth-order valence-corrected chi connectivity index (χ4v) is 2.51. The second kappa shape index (κ2) is 3.70. The molecule has 1 atom stereocenters. The largest absolute Gasteiger partial charge is 0.384 e. The molecule has 0 aliphatic heterocycles. The molecule has 3 rings (SSSR count). The second-order valence-corrected chi connectivity index (χ2v) is 4.82. The van der Waals surface area contributed by atoms with Crippen LogP contribution in [0.15, 0.2) is 42.7 Å². The highest BCUT2D eigenvalue weighted by atomic mass is 16.3. The lowest BCUT2D eigenvalue weighted by molar-refractivity contribution is 0.121. The van der Waals surface area contributed by atoms with Gasteiger partial charge in [-0.15, -0.1) is 0 Å². The first kappa shape index (κ1) is 10.5. The minimum absolute atomic E-state index is 0.111. The highest BCUT2D eigenvalue weighted by molar-refractivity contribution is 5.34. The number of imidazole rings is 1. The Balaban J connectivity index is 1.97. The van der Waals surface area contributed by atoms with E-state index < -0.39 is 6.10 Å². The van der Waals surface area contributed by atoms with Crippen molar-refractivity contribution >= 4 is 0 Å². The van der Waals surface area contributed by atoms with Crippen LogP contribution in [0.3, 0.4) is 0 Å². The van der Waals surface area contributed by atoms with E-state index in [1.807, 2.05) is 36.0 Å². The van der Waals surface area contributed by atoms with Crippen molar-refractivity contribution in [3.63, 3.8) is 0 Å². The lowest BCUT2D eigenvalue weighted by Gasteiger charge is -2.22. The van der Waals surface area contributed by atoms with Crippen molar-refractivity contribution in [2.45, 2.75) is 24.4 Å². The third-order valence-corrected chi connectivity index (χ3v) is 3.76. The van der Waals surface area contributed by atoms with E-state index in [4.69, 9.17) is 0 Å². The van der Waals surface area contributed by atoms with Crippen LogP contribution in [-0.2, 0) is 12.5 Å². The first-order valence-electron chi connectivity index (χ1n) is 5.95. The smallest absolute Gasteiger partial charge is 0.138 e. The normalized spacial score (nSPS) is 18.9. The van der Waals surface area contributed by atoms with Crippen LogP contribution in [-0.4, -0.2) is 14.7 Å². The average Bonchev–Trinajstić information content (AvgIpc) is 3.07. The van der Waals surface area contributed by atoms with Gasteiger partial charge in [0.2, 0.25) is 0 Å². The Morgan fingerprint density at radius 2 is 2.00 bits per heavy atom. The molecule has 1 aromatic carbocycles. The standard InChI is InChI=1S/C14H16N2O/c1-16-10-9-15-13(16)12(17)14(7-8-14)11-5-3-2-4-6-11/h2-6,9-10,12,17H,7-8H2,1H3. The van der Waals surface area contributed by atoms with Gasteiger partial charge in [-0.1, -0.05) is 30.3 Å². The summed E-state index contributed by atoms with van der Waals surface area (Å²) < 4.78 is 1.90. The molecule has 1 fully saturated rings. The highest BCUT2D eigenvalue weighted by Crippen LogP contribution is 2.56. The van der Waals surface area contributed by atoms with Gasteiger partial charge in [0, 0.05) is 24.9 Å². The van der Waals surface area contributed by atoms with Crippen molar-refractivity contribution in [1.82, 2.24) is 9.55 Å². The van der Waals surface area contributed by atoms with Crippen molar-refractivity contribution in [2.75, 3.05) is 0 Å². The van der Waals surface area contributed by atoms with Gasteiger partial charge in [0.25, 0.3) is 0 Å². The molecule has 0 saturated heterocycles. The van der Waals surface area contributed by atoms with E-state index in [1.54, 1.807) is 6.20 Å². The minimum Gasteiger partial charge on any atom is -0.384 e. The lowest BCUT2D eigenvalue weighted by atomic mass is 9.89. The molecular formula is C14H16N2O. The van der Waals surface area contributed by atoms with Gasteiger partial charge in [-0.2, -0.15) is 0 Å². The summed E-state index contributed by atoms with van der Waals surface area (Å²) in [6.07, 6.45) is 5.17. The molecule has 1 aromatic heterocycles. The second-order valence-electron chi connectivity index (χ2n) is 4.82. The molecule has 3 nitrogen and oxygen atoms in total. The van der Waals surface area contributed by atoms with E-state index >= 15 is 0 Å². The van der Waals surface area contributed by atoms with Gasteiger partial charge in [0.05, 0.1) is 0 Å². The van der Waals surface area contributed by atoms with E-state index in [-0.39, 0.29) is 5.41 Å². The zero-order valence-corrected chi connectivity index (χ0v) is 9.87. The lowest BCUT2D eigenvalue weighted by Crippen LogP contribution is -2.21. The summed E-state index contributed by atoms with van der Waals surface area (Å²) >= 11 is 0. The predicted octanol–water partition coefficient (Wildman–Crippen LogP) is 2.19. The molecule has 1 aliphatic carbocycles. The van der Waals surface area contributed by atoms with Gasteiger partial charge in [0.15, 0.2) is 0 Å². The number of aryl methyl sites for hydroxylation is 1. The van der Waals surface area contributed by atoms with Crippen LogP contribution in [0.1, 0.15) is 30.3 Å². The summed E-state index contributed by atoms with van der Waals surface area (Å²) in [5, 5.41) is 10.6. The number of hydrogen-bond donors (Lipinski definition) is 1. The van der Waals surface area contributed by atoms with E-state index in [0.29, 0.717) is 0 Å². The summed E-state index contributed by atoms with van der Waals surface area (Å²) in [7, 11) is 1.92. The highest BCUT2D eigenvalue weighted by Gasteiger charge is 2.52. The van der Waals surface area contributed by atoms with Crippen LogP contribution >= 0.6 is 0 Å². The Bertz CT molecular complexity index is 514. The molecule has 1 N–H and O–H groups in total. The van der Waals surface area contributed by atoms with Crippen molar-refractivity contribution in [3.8, 4) is 0 Å². The van der Waals surface area contributed by atoms with Crippen LogP contribution < -0.4 is 0 Å². The van der Waals surface area contributed by atoms with Crippen molar-refractivity contribution in [1.29, 1.82) is 0 Å². The summed E-state index contributed by atoms with van der Waals surface area (Å²) in [6, 6.07) is 10.3. The monoisotopic (exact) mass is 228 g/mol. The summed E-state index contributed by atoms with van der Waals surface area (Å²) in [4.78, 5) is 4.26. The maximum absolute atomic E-state index is 10.6. The third-order valence-electron chi connectivity index (χ3n) is 3.76. The van der Waals surface area contributed by atoms with Crippen LogP contribution in [0.25, 0.3) is 0 Å². The maximum Gasteiger partial charge on any atom is 0.138 e. The van der Waals surface area contributed by atoms with Gasteiger partial charge in [-0.3, -0.25) is 0 Å².